The molecule has 0 aliphatic carbocycles. The fourth-order valence-electron chi connectivity index (χ4n) is 1.54. The van der Waals surface area contributed by atoms with Gasteiger partial charge in [0.25, 0.3) is 0 Å². The highest BCUT2D eigenvalue weighted by Gasteiger charge is 2.17. The molecule has 4 nitrogen and oxygen atoms in total. The molecule has 2 aromatic rings. The van der Waals surface area contributed by atoms with Gasteiger partial charge in [0, 0.05) is 17.6 Å². The van der Waals surface area contributed by atoms with Crippen molar-refractivity contribution < 1.29 is 8.42 Å². The molecule has 0 saturated carbocycles. The number of nitrogens with one attached hydrogen (secondary N) is 1. The Kier molecular flexibility index (Phi) is 4.11. The van der Waals surface area contributed by atoms with E-state index in [4.69, 9.17) is 0 Å². The van der Waals surface area contributed by atoms with Gasteiger partial charge in [-0.15, -0.1) is 11.3 Å². The summed E-state index contributed by atoms with van der Waals surface area (Å²) in [5, 5.41) is 3.64. The Bertz CT molecular complexity index is 606. The summed E-state index contributed by atoms with van der Waals surface area (Å²) >= 11 is 1.43. The van der Waals surface area contributed by atoms with E-state index in [0.717, 1.165) is 4.88 Å². The molecule has 2 rings (SSSR count). The number of thiazole rings is 1. The summed E-state index contributed by atoms with van der Waals surface area (Å²) in [4.78, 5) is 5.53. The lowest BCUT2D eigenvalue weighted by atomic mass is 10.4. The summed E-state index contributed by atoms with van der Waals surface area (Å²) in [5.74, 6) is -0.0363. The summed E-state index contributed by atoms with van der Waals surface area (Å²) < 4.78 is 24.2. The molecular weight excluding hydrogens is 268 g/mol. The van der Waals surface area contributed by atoms with Crippen molar-refractivity contribution >= 4 is 21.2 Å². The Labute approximate surface area is 111 Å². The predicted octanol–water partition coefficient (Wildman–Crippen LogP) is 1.84. The van der Waals surface area contributed by atoms with Gasteiger partial charge < -0.3 is 5.32 Å². The van der Waals surface area contributed by atoms with E-state index in [1.165, 1.54) is 11.3 Å². The molecule has 0 bridgehead atoms. The molecule has 1 heterocycles. The van der Waals surface area contributed by atoms with Crippen LogP contribution in [0.3, 0.4) is 0 Å². The van der Waals surface area contributed by atoms with E-state index >= 15 is 0 Å². The van der Waals surface area contributed by atoms with E-state index < -0.39 is 9.84 Å². The zero-order valence-electron chi connectivity index (χ0n) is 9.96. The summed E-state index contributed by atoms with van der Waals surface area (Å²) in [7, 11) is -1.44. The average Bonchev–Trinajstić information content (AvgIpc) is 2.77. The van der Waals surface area contributed by atoms with Gasteiger partial charge in [-0.3, -0.25) is 0 Å². The SMILES string of the molecule is CNCc1cnc(CS(=O)(=O)c2ccccc2)s1. The van der Waals surface area contributed by atoms with Crippen LogP contribution in [0, 0.1) is 0 Å². The number of nitrogens with zero attached hydrogens (tertiary/aromatic N) is 1. The molecule has 0 amide bonds. The largest absolute Gasteiger partial charge is 0.315 e. The first kappa shape index (κ1) is 13.2. The molecule has 0 spiro atoms. The Balaban J connectivity index is 2.17. The molecule has 0 saturated heterocycles. The van der Waals surface area contributed by atoms with Gasteiger partial charge in [-0.25, -0.2) is 13.4 Å². The second-order valence-corrected chi connectivity index (χ2v) is 7.01. The third kappa shape index (κ3) is 3.16. The Morgan fingerprint density at radius 1 is 1.28 bits per heavy atom. The van der Waals surface area contributed by atoms with Gasteiger partial charge in [-0.1, -0.05) is 18.2 Å². The molecule has 0 atom stereocenters. The standard InChI is InChI=1S/C12H14N2O2S2/c1-13-7-10-8-14-12(17-10)9-18(15,16)11-5-3-2-4-6-11/h2-6,8,13H,7,9H2,1H3. The molecule has 0 aliphatic heterocycles. The third-order valence-electron chi connectivity index (χ3n) is 2.37. The molecule has 0 fully saturated rings. The van der Waals surface area contributed by atoms with Crippen LogP contribution < -0.4 is 5.32 Å². The van der Waals surface area contributed by atoms with Crippen molar-refractivity contribution in [3.63, 3.8) is 0 Å². The Morgan fingerprint density at radius 2 is 2.00 bits per heavy atom. The molecule has 0 unspecified atom stereocenters. The summed E-state index contributed by atoms with van der Waals surface area (Å²) in [6, 6.07) is 8.46. The summed E-state index contributed by atoms with van der Waals surface area (Å²) in [5.41, 5.74) is 0. The van der Waals surface area contributed by atoms with E-state index in [-0.39, 0.29) is 5.75 Å². The van der Waals surface area contributed by atoms with Crippen molar-refractivity contribution in [3.8, 4) is 0 Å². The number of aromatic nitrogens is 1. The second kappa shape index (κ2) is 5.60. The van der Waals surface area contributed by atoms with Crippen LogP contribution in [0.5, 0.6) is 0 Å². The molecule has 6 heteroatoms. The fourth-order valence-corrected chi connectivity index (χ4v) is 4.11. The van der Waals surface area contributed by atoms with Crippen molar-refractivity contribution in [2.45, 2.75) is 17.2 Å². The average molecular weight is 282 g/mol. The van der Waals surface area contributed by atoms with Crippen LogP contribution in [0.25, 0.3) is 0 Å². The first-order chi connectivity index (χ1) is 8.62. The highest BCUT2D eigenvalue weighted by molar-refractivity contribution is 7.90. The lowest BCUT2D eigenvalue weighted by Gasteiger charge is -2.01. The summed E-state index contributed by atoms with van der Waals surface area (Å²) in [6.07, 6.45) is 1.72. The lowest BCUT2D eigenvalue weighted by Crippen LogP contribution is -2.04. The maximum atomic E-state index is 12.1. The molecule has 18 heavy (non-hydrogen) atoms. The quantitative estimate of drug-likeness (QED) is 0.909. The highest BCUT2D eigenvalue weighted by Crippen LogP contribution is 2.20. The van der Waals surface area contributed by atoms with Crippen molar-refractivity contribution in [1.29, 1.82) is 0 Å². The number of hydrogen-bond acceptors (Lipinski definition) is 5. The number of hydrogen-bond donors (Lipinski definition) is 1. The van der Waals surface area contributed by atoms with Crippen molar-refractivity contribution in [2.24, 2.45) is 0 Å². The molecule has 1 N–H and O–H groups in total. The van der Waals surface area contributed by atoms with Gasteiger partial charge >= 0.3 is 0 Å². The minimum Gasteiger partial charge on any atom is -0.315 e. The Hall–Kier alpha value is -1.24. The van der Waals surface area contributed by atoms with Gasteiger partial charge in [0.2, 0.25) is 0 Å². The number of rotatable bonds is 5. The predicted molar refractivity (Wildman–Crippen MR) is 72.2 cm³/mol. The molecule has 0 aliphatic rings. The van der Waals surface area contributed by atoms with Crippen LogP contribution in [0.15, 0.2) is 41.4 Å². The third-order valence-corrected chi connectivity index (χ3v) is 5.19. The minimum atomic E-state index is -3.29. The number of benzene rings is 1. The summed E-state index contributed by atoms with van der Waals surface area (Å²) in [6.45, 7) is 0.711. The zero-order valence-corrected chi connectivity index (χ0v) is 11.6. The van der Waals surface area contributed by atoms with Crippen LogP contribution in [-0.4, -0.2) is 20.4 Å². The first-order valence-electron chi connectivity index (χ1n) is 5.48. The van der Waals surface area contributed by atoms with Crippen molar-refractivity contribution in [2.75, 3.05) is 7.05 Å². The second-order valence-electron chi connectivity index (χ2n) is 3.82. The minimum absolute atomic E-state index is 0.0363. The maximum Gasteiger partial charge on any atom is 0.184 e. The van der Waals surface area contributed by atoms with Gasteiger partial charge in [-0.2, -0.15) is 0 Å². The topological polar surface area (TPSA) is 59.1 Å². The smallest absolute Gasteiger partial charge is 0.184 e. The molecule has 0 radical (unpaired) electrons. The van der Waals surface area contributed by atoms with Gasteiger partial charge in [-0.05, 0) is 19.2 Å². The highest BCUT2D eigenvalue weighted by atomic mass is 32.2. The van der Waals surface area contributed by atoms with Crippen molar-refractivity contribution in [1.82, 2.24) is 10.3 Å². The van der Waals surface area contributed by atoms with E-state index in [2.05, 4.69) is 10.3 Å². The molecule has 1 aromatic heterocycles. The monoisotopic (exact) mass is 282 g/mol. The van der Waals surface area contributed by atoms with Crippen molar-refractivity contribution in [3.05, 3.63) is 46.4 Å². The molecule has 96 valence electrons. The van der Waals surface area contributed by atoms with Crippen LogP contribution in [0.4, 0.5) is 0 Å². The van der Waals surface area contributed by atoms with Gasteiger partial charge in [0.05, 0.1) is 4.90 Å². The zero-order chi connectivity index (χ0) is 13.0. The van der Waals surface area contributed by atoms with Crippen LogP contribution in [0.1, 0.15) is 9.88 Å². The first-order valence-corrected chi connectivity index (χ1v) is 7.94. The van der Waals surface area contributed by atoms with E-state index in [1.54, 1.807) is 36.5 Å². The van der Waals surface area contributed by atoms with Crippen LogP contribution in [0.2, 0.25) is 0 Å². The van der Waals surface area contributed by atoms with E-state index in [0.29, 0.717) is 16.4 Å². The molecule has 1 aromatic carbocycles. The molecular formula is C12H14N2O2S2. The number of sulfone groups is 1. The van der Waals surface area contributed by atoms with Gasteiger partial charge in [0.15, 0.2) is 9.84 Å². The fraction of sp³-hybridized carbons (Fsp3) is 0.250. The maximum absolute atomic E-state index is 12.1. The lowest BCUT2D eigenvalue weighted by molar-refractivity contribution is 0.595. The van der Waals surface area contributed by atoms with Gasteiger partial charge in [0.1, 0.15) is 10.8 Å². The van der Waals surface area contributed by atoms with E-state index in [9.17, 15) is 8.42 Å². The van der Waals surface area contributed by atoms with E-state index in [1.807, 2.05) is 7.05 Å². The van der Waals surface area contributed by atoms with Crippen LogP contribution >= 0.6 is 11.3 Å². The Morgan fingerprint density at radius 3 is 2.67 bits per heavy atom. The normalized spacial score (nSPS) is 11.6. The van der Waals surface area contributed by atoms with Crippen LogP contribution in [-0.2, 0) is 22.1 Å².